The van der Waals surface area contributed by atoms with E-state index in [0.717, 1.165) is 0 Å². The van der Waals surface area contributed by atoms with Crippen LogP contribution >= 0.6 is 0 Å². The van der Waals surface area contributed by atoms with Gasteiger partial charge in [0, 0.05) is 25.2 Å². The third kappa shape index (κ3) is 2.23. The number of aromatic amines is 1. The second kappa shape index (κ2) is 4.69. The van der Waals surface area contributed by atoms with Gasteiger partial charge in [-0.25, -0.2) is 4.98 Å². The number of imidazole rings is 1. The van der Waals surface area contributed by atoms with Crippen molar-refractivity contribution in [1.82, 2.24) is 14.9 Å². The first-order valence-corrected chi connectivity index (χ1v) is 5.97. The van der Waals surface area contributed by atoms with Gasteiger partial charge in [-0.1, -0.05) is 13.8 Å². The highest BCUT2D eigenvalue weighted by atomic mass is 16.2. The van der Waals surface area contributed by atoms with Gasteiger partial charge in [-0.05, 0) is 12.3 Å². The van der Waals surface area contributed by atoms with Crippen LogP contribution in [0.5, 0.6) is 0 Å². The molecule has 1 aromatic rings. The molecule has 2 amide bonds. The van der Waals surface area contributed by atoms with Crippen molar-refractivity contribution in [2.45, 2.75) is 39.2 Å². The molecule has 1 aliphatic rings. The molecule has 0 spiro atoms. The summed E-state index contributed by atoms with van der Waals surface area (Å²) in [4.78, 5) is 32.5. The lowest BCUT2D eigenvalue weighted by molar-refractivity contribution is -0.153. The van der Waals surface area contributed by atoms with E-state index in [1.165, 1.54) is 4.90 Å². The number of likely N-dealkylation sites (tertiary alicyclic amines) is 1. The lowest BCUT2D eigenvalue weighted by atomic mass is 9.95. The smallest absolute Gasteiger partial charge is 0.230 e. The van der Waals surface area contributed by atoms with Crippen molar-refractivity contribution < 1.29 is 9.59 Å². The Hall–Kier alpha value is -1.65. The number of hydrogen-bond donors (Lipinski definition) is 1. The van der Waals surface area contributed by atoms with E-state index in [1.807, 2.05) is 13.8 Å². The maximum atomic E-state index is 12.0. The van der Waals surface area contributed by atoms with Crippen molar-refractivity contribution in [2.24, 2.45) is 5.92 Å². The highest BCUT2D eigenvalue weighted by Crippen LogP contribution is 2.28. The Labute approximate surface area is 100 Å². The Morgan fingerprint density at radius 2 is 2.12 bits per heavy atom. The van der Waals surface area contributed by atoms with Gasteiger partial charge in [0.05, 0.1) is 6.04 Å². The summed E-state index contributed by atoms with van der Waals surface area (Å²) in [7, 11) is 0. The quantitative estimate of drug-likeness (QED) is 0.810. The Kier molecular flexibility index (Phi) is 3.26. The molecule has 1 aromatic heterocycles. The van der Waals surface area contributed by atoms with Gasteiger partial charge in [0.15, 0.2) is 0 Å². The van der Waals surface area contributed by atoms with Crippen molar-refractivity contribution in [3.63, 3.8) is 0 Å². The average molecular weight is 235 g/mol. The molecule has 2 rings (SSSR count). The van der Waals surface area contributed by atoms with Crippen LogP contribution in [0, 0.1) is 5.92 Å². The van der Waals surface area contributed by atoms with Crippen LogP contribution in [0.25, 0.3) is 0 Å². The zero-order valence-corrected chi connectivity index (χ0v) is 10.1. The van der Waals surface area contributed by atoms with Gasteiger partial charge in [0.2, 0.25) is 11.8 Å². The number of imide groups is 1. The minimum Gasteiger partial charge on any atom is -0.347 e. The van der Waals surface area contributed by atoms with E-state index in [1.54, 1.807) is 12.4 Å². The van der Waals surface area contributed by atoms with Crippen LogP contribution in [0.4, 0.5) is 0 Å². The molecule has 92 valence electrons. The zero-order valence-electron chi connectivity index (χ0n) is 10.1. The Morgan fingerprint density at radius 3 is 2.59 bits per heavy atom. The topological polar surface area (TPSA) is 66.1 Å². The Morgan fingerprint density at radius 1 is 1.47 bits per heavy atom. The summed E-state index contributed by atoms with van der Waals surface area (Å²) in [6.07, 6.45) is 4.92. The number of rotatable bonds is 3. The molecule has 1 saturated heterocycles. The number of H-pyrrole nitrogens is 1. The number of carbonyl (C=O) groups excluding carboxylic acids is 2. The Balaban J connectivity index is 2.25. The normalized spacial score (nSPS) is 19.8. The molecule has 1 aliphatic heterocycles. The zero-order chi connectivity index (χ0) is 12.4. The van der Waals surface area contributed by atoms with Crippen molar-refractivity contribution >= 4 is 11.8 Å². The summed E-state index contributed by atoms with van der Waals surface area (Å²) in [5.74, 6) is 0.665. The molecule has 0 bridgehead atoms. The molecular formula is C12H17N3O2. The van der Waals surface area contributed by atoms with Gasteiger partial charge in [-0.15, -0.1) is 0 Å². The van der Waals surface area contributed by atoms with E-state index in [-0.39, 0.29) is 23.8 Å². The van der Waals surface area contributed by atoms with Crippen molar-refractivity contribution in [3.05, 3.63) is 18.2 Å². The highest BCUT2D eigenvalue weighted by molar-refractivity contribution is 5.98. The predicted octanol–water partition coefficient (Wildman–Crippen LogP) is 1.65. The largest absolute Gasteiger partial charge is 0.347 e. The number of amides is 2. The minimum atomic E-state index is -0.252. The molecule has 0 aromatic carbocycles. The fraction of sp³-hybridized carbons (Fsp3) is 0.583. The number of nitrogens with zero attached hydrogens (tertiary/aromatic N) is 2. The van der Waals surface area contributed by atoms with Crippen LogP contribution in [0.15, 0.2) is 12.4 Å². The first-order chi connectivity index (χ1) is 8.13. The first-order valence-electron chi connectivity index (χ1n) is 5.97. The molecular weight excluding hydrogens is 218 g/mol. The second-order valence-electron chi connectivity index (χ2n) is 4.57. The molecule has 17 heavy (non-hydrogen) atoms. The molecule has 5 nitrogen and oxygen atoms in total. The van der Waals surface area contributed by atoms with Gasteiger partial charge in [-0.3, -0.25) is 14.5 Å². The van der Waals surface area contributed by atoms with Gasteiger partial charge < -0.3 is 4.98 Å². The summed E-state index contributed by atoms with van der Waals surface area (Å²) in [6, 6.07) is -0.252. The molecule has 0 aliphatic carbocycles. The molecule has 5 heteroatoms. The van der Waals surface area contributed by atoms with Gasteiger partial charge in [-0.2, -0.15) is 0 Å². The molecule has 1 N–H and O–H groups in total. The predicted molar refractivity (Wildman–Crippen MR) is 61.9 cm³/mol. The summed E-state index contributed by atoms with van der Waals surface area (Å²) in [5.41, 5.74) is 0. The number of nitrogens with one attached hydrogen (secondary N) is 1. The van der Waals surface area contributed by atoms with Crippen LogP contribution in [0.3, 0.4) is 0 Å². The summed E-state index contributed by atoms with van der Waals surface area (Å²) in [6.45, 7) is 3.88. The average Bonchev–Trinajstić information content (AvgIpc) is 2.76. The van der Waals surface area contributed by atoms with Crippen LogP contribution in [-0.2, 0) is 9.59 Å². The lowest BCUT2D eigenvalue weighted by Crippen LogP contribution is -2.45. The van der Waals surface area contributed by atoms with Gasteiger partial charge in [0.1, 0.15) is 5.82 Å². The third-order valence-electron chi connectivity index (χ3n) is 3.12. The van der Waals surface area contributed by atoms with E-state index >= 15 is 0 Å². The van der Waals surface area contributed by atoms with Crippen LogP contribution < -0.4 is 0 Å². The van der Waals surface area contributed by atoms with E-state index in [2.05, 4.69) is 9.97 Å². The van der Waals surface area contributed by atoms with E-state index < -0.39 is 0 Å². The van der Waals surface area contributed by atoms with Crippen molar-refractivity contribution in [2.75, 3.05) is 0 Å². The number of aromatic nitrogens is 2. The summed E-state index contributed by atoms with van der Waals surface area (Å²) < 4.78 is 0. The van der Waals surface area contributed by atoms with E-state index in [9.17, 15) is 9.59 Å². The first kappa shape index (κ1) is 11.8. The maximum absolute atomic E-state index is 12.0. The highest BCUT2D eigenvalue weighted by Gasteiger charge is 2.36. The van der Waals surface area contributed by atoms with Crippen LogP contribution in [0.1, 0.15) is 45.0 Å². The molecule has 0 saturated carbocycles. The minimum absolute atomic E-state index is 0.0861. The Bertz CT molecular complexity index is 395. The number of carbonyl (C=O) groups is 2. The summed E-state index contributed by atoms with van der Waals surface area (Å²) in [5, 5.41) is 0. The molecule has 2 heterocycles. The van der Waals surface area contributed by atoms with Crippen LogP contribution in [-0.4, -0.2) is 26.7 Å². The third-order valence-corrected chi connectivity index (χ3v) is 3.12. The number of piperidine rings is 1. The molecule has 1 unspecified atom stereocenters. The molecule has 0 radical (unpaired) electrons. The molecule has 1 atom stereocenters. The van der Waals surface area contributed by atoms with Crippen molar-refractivity contribution in [3.8, 4) is 0 Å². The maximum Gasteiger partial charge on any atom is 0.230 e. The monoisotopic (exact) mass is 235 g/mol. The van der Waals surface area contributed by atoms with E-state index in [0.29, 0.717) is 25.1 Å². The summed E-state index contributed by atoms with van der Waals surface area (Å²) >= 11 is 0. The van der Waals surface area contributed by atoms with Gasteiger partial charge in [0.25, 0.3) is 0 Å². The van der Waals surface area contributed by atoms with Crippen LogP contribution in [0.2, 0.25) is 0 Å². The van der Waals surface area contributed by atoms with Gasteiger partial charge >= 0.3 is 0 Å². The molecule has 1 fully saturated rings. The standard InChI is InChI=1S/C12H17N3O2/c1-3-9(12-13-4-5-14-12)15-10(16)6-8(2)7-11(15)17/h4-5,8-9H,3,6-7H2,1-2H3,(H,13,14). The SMILES string of the molecule is CCC(c1ncc[nH]1)N1C(=O)CC(C)CC1=O. The fourth-order valence-electron chi connectivity index (χ4n) is 2.31. The fourth-order valence-corrected chi connectivity index (χ4v) is 2.31. The lowest BCUT2D eigenvalue weighted by Gasteiger charge is -2.33. The van der Waals surface area contributed by atoms with Crippen molar-refractivity contribution in [1.29, 1.82) is 0 Å². The second-order valence-corrected chi connectivity index (χ2v) is 4.57. The number of hydrogen-bond acceptors (Lipinski definition) is 3. The van der Waals surface area contributed by atoms with E-state index in [4.69, 9.17) is 0 Å².